The van der Waals surface area contributed by atoms with Gasteiger partial charge in [0.05, 0.1) is 30.1 Å². The van der Waals surface area contributed by atoms with E-state index in [0.29, 0.717) is 5.56 Å². The minimum absolute atomic E-state index is 0.0775. The van der Waals surface area contributed by atoms with Crippen LogP contribution in [-0.2, 0) is 10.8 Å². The van der Waals surface area contributed by atoms with Crippen molar-refractivity contribution in [1.82, 2.24) is 0 Å². The largest absolute Gasteiger partial charge is 0.497 e. The average Bonchev–Trinajstić information content (AvgIpc) is 2.99. The van der Waals surface area contributed by atoms with Crippen molar-refractivity contribution in [2.75, 3.05) is 30.5 Å². The topological polar surface area (TPSA) is 53.0 Å². The van der Waals surface area contributed by atoms with Gasteiger partial charge in [0.1, 0.15) is 5.75 Å². The zero-order valence-corrected chi connectivity index (χ0v) is 23.8. The molecule has 1 aliphatic heterocycles. The maximum Gasteiger partial charge on any atom is 0.335 e. The van der Waals surface area contributed by atoms with Crippen molar-refractivity contribution in [2.45, 2.75) is 70.8 Å². The first-order valence-corrected chi connectivity index (χ1v) is 13.7. The highest BCUT2D eigenvalue weighted by atomic mass is 16.5. The molecule has 0 saturated carbocycles. The van der Waals surface area contributed by atoms with E-state index in [9.17, 15) is 9.90 Å². The van der Waals surface area contributed by atoms with Gasteiger partial charge in [-0.2, -0.15) is 0 Å². The van der Waals surface area contributed by atoms with Gasteiger partial charge in [-0.05, 0) is 77.1 Å². The molecule has 1 N–H and O–H groups in total. The number of fused-ring (bicyclic) bond motifs is 3. The molecule has 1 aliphatic carbocycles. The number of methoxy groups -OCH3 is 1. The number of nitrogens with zero attached hydrogens (tertiary/aromatic N) is 2. The molecule has 0 spiro atoms. The van der Waals surface area contributed by atoms with Crippen molar-refractivity contribution in [3.63, 3.8) is 0 Å². The fourth-order valence-electron chi connectivity index (χ4n) is 6.37. The number of anilines is 3. The first-order valence-electron chi connectivity index (χ1n) is 13.7. The van der Waals surface area contributed by atoms with Crippen LogP contribution in [0.3, 0.4) is 0 Å². The Morgan fingerprint density at radius 2 is 1.55 bits per heavy atom. The molecular weight excluding hydrogens is 472 g/mol. The minimum atomic E-state index is -0.909. The van der Waals surface area contributed by atoms with E-state index in [-0.39, 0.29) is 16.9 Å². The summed E-state index contributed by atoms with van der Waals surface area (Å²) in [6.07, 6.45) is 3.32. The summed E-state index contributed by atoms with van der Waals surface area (Å²) >= 11 is 0. The highest BCUT2D eigenvalue weighted by Gasteiger charge is 2.40. The van der Waals surface area contributed by atoms with Gasteiger partial charge in [0, 0.05) is 30.9 Å². The van der Waals surface area contributed by atoms with Crippen LogP contribution in [0.5, 0.6) is 5.75 Å². The Labute approximate surface area is 227 Å². The van der Waals surface area contributed by atoms with Gasteiger partial charge in [0.15, 0.2) is 0 Å². The third-order valence-corrected chi connectivity index (χ3v) is 8.75. The van der Waals surface area contributed by atoms with Crippen molar-refractivity contribution in [3.8, 4) is 5.75 Å². The first-order chi connectivity index (χ1) is 18.0. The van der Waals surface area contributed by atoms with Gasteiger partial charge >= 0.3 is 5.97 Å². The number of hydrogen-bond acceptors (Lipinski definition) is 4. The van der Waals surface area contributed by atoms with Gasteiger partial charge in [-0.3, -0.25) is 0 Å². The van der Waals surface area contributed by atoms with Crippen LogP contribution in [0.2, 0.25) is 0 Å². The lowest BCUT2D eigenvalue weighted by Crippen LogP contribution is -2.35. The molecule has 0 saturated heterocycles. The molecule has 3 aromatic carbocycles. The van der Waals surface area contributed by atoms with E-state index in [0.717, 1.165) is 48.5 Å². The fourth-order valence-corrected chi connectivity index (χ4v) is 6.37. The second-order valence-electron chi connectivity index (χ2n) is 12.2. The maximum absolute atomic E-state index is 11.6. The van der Waals surface area contributed by atoms with Crippen LogP contribution in [0.15, 0.2) is 54.6 Å². The van der Waals surface area contributed by atoms with E-state index in [4.69, 9.17) is 4.74 Å². The molecule has 5 nitrogen and oxygen atoms in total. The Morgan fingerprint density at radius 3 is 2.13 bits per heavy atom. The lowest BCUT2D eigenvalue weighted by atomic mass is 9.62. The van der Waals surface area contributed by atoms with E-state index in [1.54, 1.807) is 19.2 Å². The summed E-state index contributed by atoms with van der Waals surface area (Å²) in [6.45, 7) is 12.6. The van der Waals surface area contributed by atoms with Crippen LogP contribution < -0.4 is 14.5 Å². The molecule has 5 heteroatoms. The number of benzene rings is 3. The molecule has 1 unspecified atom stereocenters. The molecule has 0 amide bonds. The minimum Gasteiger partial charge on any atom is -0.497 e. The third-order valence-electron chi connectivity index (χ3n) is 8.75. The van der Waals surface area contributed by atoms with Gasteiger partial charge in [-0.1, -0.05) is 52.8 Å². The molecular formula is C33H40N2O3. The summed E-state index contributed by atoms with van der Waals surface area (Å²) in [4.78, 5) is 16.4. The lowest BCUT2D eigenvalue weighted by molar-refractivity contribution is 0.0697. The van der Waals surface area contributed by atoms with E-state index >= 15 is 0 Å². The predicted molar refractivity (Wildman–Crippen MR) is 156 cm³/mol. The van der Waals surface area contributed by atoms with Gasteiger partial charge in [-0.15, -0.1) is 0 Å². The SMILES string of the molecule is CCCN1c2cc3c(cc2C(c2ccc(C(=O)O)cc2)N(C)c2cc(OC)ccc21)C(C)(C)CCC3(C)C. The van der Waals surface area contributed by atoms with Crippen molar-refractivity contribution >= 4 is 23.0 Å². The summed E-state index contributed by atoms with van der Waals surface area (Å²) in [6, 6.07) is 18.6. The van der Waals surface area contributed by atoms with Crippen LogP contribution in [0.25, 0.3) is 0 Å². The Kier molecular flexibility index (Phi) is 6.45. The summed E-state index contributed by atoms with van der Waals surface area (Å²) in [5.74, 6) is -0.0898. The van der Waals surface area contributed by atoms with Crippen LogP contribution in [0, 0.1) is 0 Å². The zero-order valence-electron chi connectivity index (χ0n) is 23.8. The number of carboxylic acid groups (broad SMARTS) is 1. The molecule has 0 fully saturated rings. The standard InChI is InChI=1S/C33H40N2O3/c1-8-17-35-27-14-13-23(38-7)18-29(27)34(6)30(21-9-11-22(12-10-21)31(36)37)24-19-25-26(20-28(24)35)33(4,5)16-15-32(25,2)3/h9-14,18-20,30H,8,15-17H2,1-7H3,(H,36,37). The van der Waals surface area contributed by atoms with Crippen LogP contribution in [0.4, 0.5) is 17.1 Å². The van der Waals surface area contributed by atoms with E-state index < -0.39 is 5.97 Å². The van der Waals surface area contributed by atoms with Crippen LogP contribution in [0.1, 0.15) is 92.5 Å². The molecule has 2 aliphatic rings. The number of carbonyl (C=O) groups is 1. The molecule has 38 heavy (non-hydrogen) atoms. The second kappa shape index (κ2) is 9.37. The van der Waals surface area contributed by atoms with E-state index in [2.05, 4.69) is 75.7 Å². The van der Waals surface area contributed by atoms with Gasteiger partial charge in [-0.25, -0.2) is 4.79 Å². The molecule has 5 rings (SSSR count). The number of rotatable bonds is 5. The number of carboxylic acids is 1. The van der Waals surface area contributed by atoms with Gasteiger partial charge in [0.2, 0.25) is 0 Å². The molecule has 1 atom stereocenters. The summed E-state index contributed by atoms with van der Waals surface area (Å²) in [5.41, 5.74) is 9.15. The predicted octanol–water partition coefficient (Wildman–Crippen LogP) is 7.83. The van der Waals surface area contributed by atoms with Gasteiger partial charge in [0.25, 0.3) is 0 Å². The molecule has 0 radical (unpaired) electrons. The smallest absolute Gasteiger partial charge is 0.335 e. The second-order valence-corrected chi connectivity index (χ2v) is 12.2. The molecule has 0 aromatic heterocycles. The zero-order chi connectivity index (χ0) is 27.4. The fraction of sp³-hybridized carbons (Fsp3) is 0.424. The number of hydrogen-bond donors (Lipinski definition) is 1. The first kappa shape index (κ1) is 26.1. The highest BCUT2D eigenvalue weighted by Crippen LogP contribution is 2.53. The summed E-state index contributed by atoms with van der Waals surface area (Å²) in [5, 5.41) is 9.53. The number of ether oxygens (including phenoxy) is 1. The summed E-state index contributed by atoms with van der Waals surface area (Å²) < 4.78 is 5.65. The molecule has 200 valence electrons. The van der Waals surface area contributed by atoms with Crippen LogP contribution >= 0.6 is 0 Å². The van der Waals surface area contributed by atoms with Crippen molar-refractivity contribution in [3.05, 3.63) is 82.4 Å². The number of aromatic carboxylic acids is 1. The van der Waals surface area contributed by atoms with Crippen molar-refractivity contribution in [1.29, 1.82) is 0 Å². The lowest BCUT2D eigenvalue weighted by Gasteiger charge is -2.43. The Morgan fingerprint density at radius 1 is 0.921 bits per heavy atom. The Bertz CT molecular complexity index is 1370. The maximum atomic E-state index is 11.6. The molecule has 0 bridgehead atoms. The van der Waals surface area contributed by atoms with Crippen molar-refractivity contribution < 1.29 is 14.6 Å². The van der Waals surface area contributed by atoms with Gasteiger partial charge < -0.3 is 19.6 Å². The third kappa shape index (κ3) is 4.22. The van der Waals surface area contributed by atoms with E-state index in [1.165, 1.54) is 22.4 Å². The molecule has 3 aromatic rings. The average molecular weight is 513 g/mol. The van der Waals surface area contributed by atoms with Crippen molar-refractivity contribution in [2.24, 2.45) is 0 Å². The quantitative estimate of drug-likeness (QED) is 0.377. The van der Waals surface area contributed by atoms with E-state index in [1.807, 2.05) is 18.2 Å². The summed E-state index contributed by atoms with van der Waals surface area (Å²) in [7, 11) is 3.85. The Balaban J connectivity index is 1.84. The Hall–Kier alpha value is -3.47. The molecule has 1 heterocycles. The normalized spacial score (nSPS) is 19.2. The monoisotopic (exact) mass is 512 g/mol. The van der Waals surface area contributed by atoms with Crippen LogP contribution in [-0.4, -0.2) is 31.8 Å². The highest BCUT2D eigenvalue weighted by molar-refractivity contribution is 5.88.